The van der Waals surface area contributed by atoms with Crippen LogP contribution in [0.15, 0.2) is 54.6 Å². The summed E-state index contributed by atoms with van der Waals surface area (Å²) in [5.41, 5.74) is 1.29. The summed E-state index contributed by atoms with van der Waals surface area (Å²) in [6, 6.07) is 18.5. The number of nitrogens with zero attached hydrogens (tertiary/aromatic N) is 5. The van der Waals surface area contributed by atoms with Crippen molar-refractivity contribution in [2.24, 2.45) is 0 Å². The van der Waals surface area contributed by atoms with Crippen molar-refractivity contribution in [1.29, 1.82) is 5.26 Å². The van der Waals surface area contributed by atoms with Gasteiger partial charge in [-0.3, -0.25) is 0 Å². The Kier molecular flexibility index (Phi) is 5.64. The maximum absolute atomic E-state index is 9.05. The second-order valence-electron chi connectivity index (χ2n) is 7.38. The van der Waals surface area contributed by atoms with Crippen LogP contribution in [0.2, 0.25) is 0 Å². The van der Waals surface area contributed by atoms with Crippen LogP contribution in [0.25, 0.3) is 0 Å². The lowest BCUT2D eigenvalue weighted by atomic mass is 10.1. The zero-order chi connectivity index (χ0) is 21.9. The number of ether oxygens (including phenoxy) is 3. The molecule has 2 aliphatic heterocycles. The molecule has 0 radical (unpaired) electrons. The van der Waals surface area contributed by atoms with Gasteiger partial charge in [-0.2, -0.15) is 9.94 Å². The first-order valence-electron chi connectivity index (χ1n) is 10.0. The first kappa shape index (κ1) is 20.3. The molecule has 3 heterocycles. The van der Waals surface area contributed by atoms with Gasteiger partial charge in [0.15, 0.2) is 5.11 Å². The number of nitrogens with one attached hydrogen (secondary N) is 2. The predicted molar refractivity (Wildman–Crippen MR) is 117 cm³/mol. The van der Waals surface area contributed by atoms with Crippen LogP contribution in [0.4, 0.5) is 5.69 Å². The average Bonchev–Trinajstić information content (AvgIpc) is 3.52. The van der Waals surface area contributed by atoms with Crippen LogP contribution in [-0.4, -0.2) is 56.8 Å². The highest BCUT2D eigenvalue weighted by Crippen LogP contribution is 2.36. The summed E-state index contributed by atoms with van der Waals surface area (Å²) in [6.45, 7) is 0.803. The zero-order valence-corrected chi connectivity index (χ0v) is 17.6. The van der Waals surface area contributed by atoms with E-state index < -0.39 is 0 Å². The number of benzene rings is 2. The molecule has 4 atom stereocenters. The van der Waals surface area contributed by atoms with E-state index in [0.717, 1.165) is 5.69 Å². The number of aromatic nitrogens is 4. The fraction of sp³-hybridized carbons (Fsp3) is 0.286. The molecule has 3 aromatic rings. The van der Waals surface area contributed by atoms with Crippen LogP contribution in [0.3, 0.4) is 0 Å². The van der Waals surface area contributed by atoms with E-state index in [0.29, 0.717) is 29.6 Å². The van der Waals surface area contributed by atoms with Crippen molar-refractivity contribution in [3.63, 3.8) is 0 Å². The minimum atomic E-state index is -0.251. The number of rotatable bonds is 5. The van der Waals surface area contributed by atoms with Gasteiger partial charge in [-0.25, -0.2) is 0 Å². The third-order valence-electron chi connectivity index (χ3n) is 5.32. The van der Waals surface area contributed by atoms with Gasteiger partial charge in [0.2, 0.25) is 0 Å². The van der Waals surface area contributed by atoms with Gasteiger partial charge in [-0.05, 0) is 53.0 Å². The molecular formula is C21H19N7O3S. The van der Waals surface area contributed by atoms with Crippen molar-refractivity contribution in [2.45, 2.75) is 24.3 Å². The lowest BCUT2D eigenvalue weighted by Crippen LogP contribution is -2.45. The number of nitriles is 1. The maximum atomic E-state index is 9.05. The van der Waals surface area contributed by atoms with E-state index in [1.165, 1.54) is 0 Å². The van der Waals surface area contributed by atoms with Gasteiger partial charge >= 0.3 is 6.01 Å². The molecular weight excluding hydrogens is 430 g/mol. The molecule has 10 nitrogen and oxygen atoms in total. The Balaban J connectivity index is 1.23. The third kappa shape index (κ3) is 4.11. The van der Waals surface area contributed by atoms with Gasteiger partial charge < -0.3 is 24.8 Å². The van der Waals surface area contributed by atoms with Crippen LogP contribution < -0.4 is 15.4 Å². The molecule has 0 aliphatic carbocycles. The number of para-hydroxylation sites is 1. The van der Waals surface area contributed by atoms with Crippen LogP contribution in [-0.2, 0) is 9.47 Å². The highest BCUT2D eigenvalue weighted by molar-refractivity contribution is 7.80. The van der Waals surface area contributed by atoms with E-state index in [4.69, 9.17) is 31.7 Å². The summed E-state index contributed by atoms with van der Waals surface area (Å²) >= 11 is 5.44. The summed E-state index contributed by atoms with van der Waals surface area (Å²) in [5, 5.41) is 27.7. The van der Waals surface area contributed by atoms with Crippen molar-refractivity contribution in [3.8, 4) is 17.8 Å². The number of hydrogen-bond acceptors (Lipinski definition) is 8. The van der Waals surface area contributed by atoms with Crippen LogP contribution >= 0.6 is 12.2 Å². The molecule has 2 fully saturated rings. The number of tetrazole rings is 1. The highest BCUT2D eigenvalue weighted by Gasteiger charge is 2.50. The predicted octanol–water partition coefficient (Wildman–Crippen LogP) is 2.03. The summed E-state index contributed by atoms with van der Waals surface area (Å²) < 4.78 is 19.5. The van der Waals surface area contributed by atoms with Gasteiger partial charge in [0.05, 0.1) is 30.9 Å². The fourth-order valence-corrected chi connectivity index (χ4v) is 4.14. The van der Waals surface area contributed by atoms with Crippen LogP contribution in [0, 0.1) is 11.3 Å². The lowest BCUT2D eigenvalue weighted by Gasteiger charge is -2.20. The quantitative estimate of drug-likeness (QED) is 0.560. The largest absolute Gasteiger partial charge is 0.423 e. The molecule has 2 N–H and O–H groups in total. The Bertz CT molecular complexity index is 1150. The van der Waals surface area contributed by atoms with Crippen molar-refractivity contribution in [3.05, 3.63) is 60.2 Å². The van der Waals surface area contributed by atoms with E-state index in [2.05, 4.69) is 32.2 Å². The molecule has 2 saturated heterocycles. The fourth-order valence-electron chi connectivity index (χ4n) is 3.87. The highest BCUT2D eigenvalue weighted by atomic mass is 32.1. The van der Waals surface area contributed by atoms with Crippen molar-refractivity contribution in [2.75, 3.05) is 18.5 Å². The van der Waals surface area contributed by atoms with E-state index in [9.17, 15) is 0 Å². The van der Waals surface area contributed by atoms with Crippen molar-refractivity contribution in [1.82, 2.24) is 25.5 Å². The molecule has 0 spiro atoms. The molecule has 32 heavy (non-hydrogen) atoms. The summed E-state index contributed by atoms with van der Waals surface area (Å²) in [4.78, 5) is 0. The van der Waals surface area contributed by atoms with Crippen LogP contribution in [0.5, 0.6) is 11.8 Å². The second kappa shape index (κ2) is 8.88. The first-order valence-corrected chi connectivity index (χ1v) is 10.4. The average molecular weight is 449 g/mol. The minimum Gasteiger partial charge on any atom is -0.423 e. The van der Waals surface area contributed by atoms with Gasteiger partial charge in [0.1, 0.15) is 24.0 Å². The molecule has 2 aromatic carbocycles. The van der Waals surface area contributed by atoms with Gasteiger partial charge in [-0.1, -0.05) is 29.4 Å². The summed E-state index contributed by atoms with van der Waals surface area (Å²) in [5.74, 6) is 0.641. The van der Waals surface area contributed by atoms with E-state index in [1.54, 1.807) is 22.9 Å². The SMILES string of the molecule is N#Cc1cccc(NC(=S)N[C@H]2CO[C@H]3[C@@H]2OC[C@@H]3n2nnnc2Oc2ccccc2)c1. The maximum Gasteiger partial charge on any atom is 0.341 e. The molecule has 0 bridgehead atoms. The normalized spacial score (nSPS) is 23.8. The number of anilines is 1. The molecule has 0 saturated carbocycles. The molecule has 5 rings (SSSR count). The van der Waals surface area contributed by atoms with E-state index >= 15 is 0 Å². The number of thiocarbonyl (C=S) groups is 1. The standard InChI is InChI=1S/C21H19N7O3S/c22-10-13-5-4-6-14(9-13)23-20(32)24-16-11-29-19-17(12-30-18(16)19)28-21(25-26-27-28)31-15-7-2-1-3-8-15/h1-9,16-19H,11-12H2,(H2,23,24,32)/t16-,17-,18+,19+/m0/s1. The number of fused-ring (bicyclic) bond motifs is 1. The Labute approximate surface area is 189 Å². The lowest BCUT2D eigenvalue weighted by molar-refractivity contribution is 0.0615. The molecule has 0 unspecified atom stereocenters. The molecule has 11 heteroatoms. The zero-order valence-electron chi connectivity index (χ0n) is 16.8. The molecule has 2 aliphatic rings. The molecule has 162 valence electrons. The van der Waals surface area contributed by atoms with E-state index in [-0.39, 0.29) is 30.3 Å². The minimum absolute atomic E-state index is 0.140. The second-order valence-corrected chi connectivity index (χ2v) is 7.79. The Morgan fingerprint density at radius 3 is 2.81 bits per heavy atom. The first-order chi connectivity index (χ1) is 15.7. The third-order valence-corrected chi connectivity index (χ3v) is 5.54. The smallest absolute Gasteiger partial charge is 0.341 e. The van der Waals surface area contributed by atoms with Crippen molar-refractivity contribution >= 4 is 23.0 Å². The molecule has 0 amide bonds. The van der Waals surface area contributed by atoms with Gasteiger partial charge in [-0.15, -0.1) is 0 Å². The van der Waals surface area contributed by atoms with Crippen molar-refractivity contribution < 1.29 is 14.2 Å². The monoisotopic (exact) mass is 449 g/mol. The summed E-state index contributed by atoms with van der Waals surface area (Å²) in [7, 11) is 0. The van der Waals surface area contributed by atoms with Crippen LogP contribution in [0.1, 0.15) is 11.6 Å². The Morgan fingerprint density at radius 2 is 1.97 bits per heavy atom. The van der Waals surface area contributed by atoms with E-state index in [1.807, 2.05) is 36.4 Å². The van der Waals surface area contributed by atoms with Gasteiger partial charge in [0, 0.05) is 5.69 Å². The number of hydrogen-bond donors (Lipinski definition) is 2. The van der Waals surface area contributed by atoms with Gasteiger partial charge in [0.25, 0.3) is 0 Å². The topological polar surface area (TPSA) is 119 Å². The molecule has 1 aromatic heterocycles. The Morgan fingerprint density at radius 1 is 1.12 bits per heavy atom. The summed E-state index contributed by atoms with van der Waals surface area (Å²) in [6.07, 6.45) is -0.474. The Hall–Kier alpha value is -3.59.